The summed E-state index contributed by atoms with van der Waals surface area (Å²) >= 11 is 7.58. The number of carboxylic acid groups (broad SMARTS) is 1. The van der Waals surface area contributed by atoms with Gasteiger partial charge in [-0.25, -0.2) is 27.0 Å². The van der Waals surface area contributed by atoms with Crippen LogP contribution < -0.4 is 5.32 Å². The van der Waals surface area contributed by atoms with Crippen LogP contribution in [0.1, 0.15) is 23.2 Å². The highest BCUT2D eigenvalue weighted by atomic mass is 35.5. The van der Waals surface area contributed by atoms with Crippen molar-refractivity contribution in [1.82, 2.24) is 9.88 Å². The lowest BCUT2D eigenvalue weighted by atomic mass is 10.0. The number of anilines is 1. The Balaban J connectivity index is 0.000000505. The van der Waals surface area contributed by atoms with Crippen LogP contribution in [-0.4, -0.2) is 48.6 Å². The largest absolute Gasteiger partial charge is 0.490 e. The van der Waals surface area contributed by atoms with Crippen molar-refractivity contribution in [2.24, 2.45) is 0 Å². The molecule has 1 fully saturated rings. The number of carbonyl (C=O) groups is 1. The molecule has 0 bridgehead atoms. The lowest BCUT2D eigenvalue weighted by molar-refractivity contribution is -0.192. The molecule has 0 radical (unpaired) electrons. The fraction of sp³-hybridized carbons (Fsp3) is 0.304. The summed E-state index contributed by atoms with van der Waals surface area (Å²) in [5.74, 6) is -5.60. The SMILES string of the molecule is O=C(O)C(F)(F)F.O=S(=O)(Cc1cscn1)c1c(F)cc(NCc2c(Cl)cccc2CN2CCC2)cc1F. The monoisotopic (exact) mass is 597 g/mol. The fourth-order valence-electron chi connectivity index (χ4n) is 3.46. The first-order chi connectivity index (χ1) is 17.8. The van der Waals surface area contributed by atoms with E-state index in [1.807, 2.05) is 12.1 Å². The van der Waals surface area contributed by atoms with Crippen LogP contribution >= 0.6 is 22.9 Å². The first-order valence-corrected chi connectivity index (χ1v) is 13.9. The van der Waals surface area contributed by atoms with E-state index in [4.69, 9.17) is 21.5 Å². The minimum atomic E-state index is -5.08. The minimum Gasteiger partial charge on any atom is -0.475 e. The van der Waals surface area contributed by atoms with Crippen molar-refractivity contribution in [2.45, 2.75) is 36.3 Å². The lowest BCUT2D eigenvalue weighted by Gasteiger charge is -2.31. The molecule has 2 N–H and O–H groups in total. The quantitative estimate of drug-likeness (QED) is 0.331. The molecule has 1 aromatic heterocycles. The van der Waals surface area contributed by atoms with Gasteiger partial charge in [-0.3, -0.25) is 4.90 Å². The van der Waals surface area contributed by atoms with E-state index < -0.39 is 44.3 Å². The van der Waals surface area contributed by atoms with E-state index in [1.165, 1.54) is 28.6 Å². The Hall–Kier alpha value is -2.81. The smallest absolute Gasteiger partial charge is 0.475 e. The lowest BCUT2D eigenvalue weighted by Crippen LogP contribution is -2.36. The number of carboxylic acids is 1. The highest BCUT2D eigenvalue weighted by Crippen LogP contribution is 2.28. The van der Waals surface area contributed by atoms with Gasteiger partial charge >= 0.3 is 12.1 Å². The molecule has 206 valence electrons. The van der Waals surface area contributed by atoms with Gasteiger partial charge in [0.05, 0.1) is 17.0 Å². The van der Waals surface area contributed by atoms with Crippen LogP contribution in [0.15, 0.2) is 46.1 Å². The van der Waals surface area contributed by atoms with Gasteiger partial charge in [0.25, 0.3) is 0 Å². The summed E-state index contributed by atoms with van der Waals surface area (Å²) in [5, 5.41) is 12.2. The van der Waals surface area contributed by atoms with Gasteiger partial charge in [-0.1, -0.05) is 23.7 Å². The van der Waals surface area contributed by atoms with Crippen LogP contribution in [0.3, 0.4) is 0 Å². The Morgan fingerprint density at radius 1 is 1.18 bits per heavy atom. The molecule has 1 aliphatic heterocycles. The van der Waals surface area contributed by atoms with E-state index in [1.54, 1.807) is 6.07 Å². The van der Waals surface area contributed by atoms with Gasteiger partial charge in [0.2, 0.25) is 0 Å². The van der Waals surface area contributed by atoms with Crippen LogP contribution in [0.4, 0.5) is 27.6 Å². The molecule has 4 rings (SSSR count). The molecule has 3 aromatic rings. The Bertz CT molecular complexity index is 1360. The Morgan fingerprint density at radius 2 is 1.82 bits per heavy atom. The maximum atomic E-state index is 14.6. The van der Waals surface area contributed by atoms with Gasteiger partial charge in [-0.2, -0.15) is 13.2 Å². The molecule has 2 aromatic carbocycles. The molecule has 2 heterocycles. The van der Waals surface area contributed by atoms with Crippen LogP contribution in [0.5, 0.6) is 0 Å². The zero-order valence-corrected chi connectivity index (χ0v) is 21.8. The average molecular weight is 598 g/mol. The van der Waals surface area contributed by atoms with Gasteiger partial charge < -0.3 is 10.4 Å². The minimum absolute atomic E-state index is 0.137. The van der Waals surface area contributed by atoms with E-state index >= 15 is 0 Å². The Kier molecular flexibility index (Phi) is 9.68. The number of nitrogens with zero attached hydrogens (tertiary/aromatic N) is 2. The predicted octanol–water partition coefficient (Wildman–Crippen LogP) is 5.50. The van der Waals surface area contributed by atoms with Crippen molar-refractivity contribution in [2.75, 3.05) is 18.4 Å². The molecule has 1 saturated heterocycles. The maximum Gasteiger partial charge on any atom is 0.490 e. The fourth-order valence-corrected chi connectivity index (χ4v) is 5.78. The molecule has 1 aliphatic rings. The van der Waals surface area contributed by atoms with Crippen molar-refractivity contribution in [3.05, 3.63) is 74.7 Å². The van der Waals surface area contributed by atoms with E-state index in [2.05, 4.69) is 15.2 Å². The summed E-state index contributed by atoms with van der Waals surface area (Å²) in [5.41, 5.74) is 3.74. The summed E-state index contributed by atoms with van der Waals surface area (Å²) in [7, 11) is -4.21. The number of aliphatic carboxylic acids is 1. The number of hydrogen-bond acceptors (Lipinski definition) is 7. The summed E-state index contributed by atoms with van der Waals surface area (Å²) < 4.78 is 86.0. The molecule has 38 heavy (non-hydrogen) atoms. The first-order valence-electron chi connectivity index (χ1n) is 10.9. The van der Waals surface area contributed by atoms with Gasteiger partial charge in [0.1, 0.15) is 16.5 Å². The van der Waals surface area contributed by atoms with Crippen molar-refractivity contribution >= 4 is 44.4 Å². The van der Waals surface area contributed by atoms with Crippen molar-refractivity contribution in [3.8, 4) is 0 Å². The highest BCUT2D eigenvalue weighted by molar-refractivity contribution is 7.90. The van der Waals surface area contributed by atoms with Crippen molar-refractivity contribution in [1.29, 1.82) is 0 Å². The number of alkyl halides is 3. The topological polar surface area (TPSA) is 99.6 Å². The molecule has 0 saturated carbocycles. The summed E-state index contributed by atoms with van der Waals surface area (Å²) in [4.78, 5) is 14.1. The van der Waals surface area contributed by atoms with Crippen LogP contribution in [0.25, 0.3) is 0 Å². The summed E-state index contributed by atoms with van der Waals surface area (Å²) in [6, 6.07) is 7.61. The molecule has 0 aliphatic carbocycles. The second-order valence-electron chi connectivity index (χ2n) is 8.17. The maximum absolute atomic E-state index is 14.6. The van der Waals surface area contributed by atoms with Crippen LogP contribution in [-0.2, 0) is 33.5 Å². The van der Waals surface area contributed by atoms with Crippen LogP contribution in [0, 0.1) is 11.6 Å². The number of benzene rings is 2. The van der Waals surface area contributed by atoms with Gasteiger partial charge in [0, 0.05) is 29.2 Å². The second kappa shape index (κ2) is 12.4. The Morgan fingerprint density at radius 3 is 2.32 bits per heavy atom. The molecule has 15 heteroatoms. The van der Waals surface area contributed by atoms with Gasteiger partial charge in [-0.15, -0.1) is 11.3 Å². The molecule has 0 amide bonds. The molecular weight excluding hydrogens is 577 g/mol. The number of hydrogen-bond donors (Lipinski definition) is 2. The second-order valence-corrected chi connectivity index (χ2v) is 11.2. The number of nitrogens with one attached hydrogen (secondary N) is 1. The normalized spacial score (nSPS) is 13.8. The van der Waals surface area contributed by atoms with E-state index in [0.717, 1.165) is 42.9 Å². The molecule has 7 nitrogen and oxygen atoms in total. The molecule has 0 atom stereocenters. The number of rotatable bonds is 8. The average Bonchev–Trinajstić information content (AvgIpc) is 3.27. The van der Waals surface area contributed by atoms with Gasteiger partial charge in [-0.05, 0) is 48.8 Å². The number of sulfone groups is 1. The van der Waals surface area contributed by atoms with Crippen LogP contribution in [0.2, 0.25) is 5.02 Å². The molecule has 0 spiro atoms. The predicted molar refractivity (Wildman–Crippen MR) is 132 cm³/mol. The summed E-state index contributed by atoms with van der Waals surface area (Å²) in [6.45, 7) is 3.08. The van der Waals surface area contributed by atoms with E-state index in [0.29, 0.717) is 5.02 Å². The van der Waals surface area contributed by atoms with Crippen molar-refractivity contribution in [3.63, 3.8) is 0 Å². The third kappa shape index (κ3) is 7.85. The zero-order chi connectivity index (χ0) is 28.1. The standard InChI is InChI=1S/C21H20ClF2N3O2S2.C2HF3O2/c22-18-4-1-3-14(10-27-5-2-6-27)17(18)9-25-15-7-19(23)21(20(24)8-15)31(28,29)12-16-11-30-13-26-16;3-2(4,5)1(6)7/h1,3-4,7-8,11,13,25H,2,5-6,9-10,12H2;(H,6,7). The third-order valence-corrected chi connectivity index (χ3v) is 8.08. The summed E-state index contributed by atoms with van der Waals surface area (Å²) in [6.07, 6.45) is -3.91. The van der Waals surface area contributed by atoms with Crippen molar-refractivity contribution < 1.29 is 40.3 Å². The number of thiazole rings is 1. The third-order valence-electron chi connectivity index (χ3n) is 5.40. The van der Waals surface area contributed by atoms with E-state index in [9.17, 15) is 30.4 Å². The number of aromatic nitrogens is 1. The van der Waals surface area contributed by atoms with E-state index in [-0.39, 0.29) is 17.9 Å². The highest BCUT2D eigenvalue weighted by Gasteiger charge is 2.38. The van der Waals surface area contributed by atoms with Gasteiger partial charge in [0.15, 0.2) is 9.84 Å². The Labute approximate surface area is 223 Å². The number of halogens is 6. The number of likely N-dealkylation sites (tertiary alicyclic amines) is 1. The molecular formula is C23H21ClF5N3O4S2. The molecule has 0 unspecified atom stereocenters. The first kappa shape index (κ1) is 29.7. The zero-order valence-electron chi connectivity index (χ0n) is 19.4.